The summed E-state index contributed by atoms with van der Waals surface area (Å²) in [5.41, 5.74) is 1.48. The van der Waals surface area contributed by atoms with Crippen LogP contribution in [0.25, 0.3) is 0 Å². The van der Waals surface area contributed by atoms with Gasteiger partial charge in [-0.2, -0.15) is 0 Å². The van der Waals surface area contributed by atoms with Crippen LogP contribution in [-0.2, 0) is 11.2 Å². The Kier molecular flexibility index (Phi) is 4.74. The molecule has 1 aliphatic heterocycles. The summed E-state index contributed by atoms with van der Waals surface area (Å²) < 4.78 is 6.37. The summed E-state index contributed by atoms with van der Waals surface area (Å²) >= 11 is 1.74. The van der Waals surface area contributed by atoms with E-state index in [0.29, 0.717) is 6.10 Å². The summed E-state index contributed by atoms with van der Waals surface area (Å²) in [6.07, 6.45) is 10.7. The van der Waals surface area contributed by atoms with Crippen molar-refractivity contribution in [1.82, 2.24) is 10.3 Å². The summed E-state index contributed by atoms with van der Waals surface area (Å²) in [5.74, 6) is 0. The van der Waals surface area contributed by atoms with Crippen LogP contribution in [-0.4, -0.2) is 29.8 Å². The highest BCUT2D eigenvalue weighted by molar-refractivity contribution is 7.09. The van der Waals surface area contributed by atoms with E-state index in [1.165, 1.54) is 55.6 Å². The number of hydrogen-bond donors (Lipinski definition) is 1. The highest BCUT2D eigenvalue weighted by atomic mass is 32.1. The Morgan fingerprint density at radius 2 is 2.20 bits per heavy atom. The van der Waals surface area contributed by atoms with Gasteiger partial charge in [0.15, 0.2) is 0 Å². The number of aromatic nitrogens is 1. The molecular formula is C16H26N2OS. The van der Waals surface area contributed by atoms with Crippen molar-refractivity contribution in [2.45, 2.75) is 70.0 Å². The van der Waals surface area contributed by atoms with Crippen molar-refractivity contribution in [2.24, 2.45) is 0 Å². The minimum Gasteiger partial charge on any atom is -0.370 e. The van der Waals surface area contributed by atoms with Crippen molar-refractivity contribution in [3.05, 3.63) is 16.1 Å². The molecule has 20 heavy (non-hydrogen) atoms. The van der Waals surface area contributed by atoms with Gasteiger partial charge in [-0.15, -0.1) is 11.3 Å². The van der Waals surface area contributed by atoms with E-state index in [0.717, 1.165) is 19.5 Å². The molecule has 0 amide bonds. The summed E-state index contributed by atoms with van der Waals surface area (Å²) in [6, 6.07) is 0. The lowest BCUT2D eigenvalue weighted by Crippen LogP contribution is -2.35. The molecule has 2 aliphatic rings. The van der Waals surface area contributed by atoms with Gasteiger partial charge in [0, 0.05) is 24.9 Å². The van der Waals surface area contributed by atoms with Crippen LogP contribution >= 0.6 is 11.3 Å². The predicted octanol–water partition coefficient (Wildman–Crippen LogP) is 3.47. The Morgan fingerprint density at radius 1 is 1.35 bits per heavy atom. The summed E-state index contributed by atoms with van der Waals surface area (Å²) in [4.78, 5) is 4.50. The molecule has 0 aromatic carbocycles. The van der Waals surface area contributed by atoms with Crippen molar-refractivity contribution in [3.63, 3.8) is 0 Å². The summed E-state index contributed by atoms with van der Waals surface area (Å²) in [5, 5.41) is 6.88. The third-order valence-corrected chi connectivity index (χ3v) is 5.52. The third kappa shape index (κ3) is 3.60. The van der Waals surface area contributed by atoms with E-state index in [1.807, 2.05) is 0 Å². The van der Waals surface area contributed by atoms with Crippen molar-refractivity contribution in [3.8, 4) is 0 Å². The molecule has 3 rings (SSSR count). The quantitative estimate of drug-likeness (QED) is 0.844. The van der Waals surface area contributed by atoms with Gasteiger partial charge < -0.3 is 10.1 Å². The van der Waals surface area contributed by atoms with E-state index in [9.17, 15) is 0 Å². The Balaban J connectivity index is 1.35. The lowest BCUT2D eigenvalue weighted by Gasteiger charge is -2.33. The maximum absolute atomic E-state index is 6.37. The van der Waals surface area contributed by atoms with Crippen molar-refractivity contribution in [2.75, 3.05) is 13.1 Å². The SMILES string of the molecule is Cc1nc(CCNCC2CCC3(CCCCC3)O2)cs1. The van der Waals surface area contributed by atoms with E-state index in [4.69, 9.17) is 4.74 Å². The molecule has 1 aromatic heterocycles. The van der Waals surface area contributed by atoms with Crippen molar-refractivity contribution < 1.29 is 4.74 Å². The average molecular weight is 294 g/mol. The number of rotatable bonds is 5. The zero-order valence-electron chi connectivity index (χ0n) is 12.5. The highest BCUT2D eigenvalue weighted by Gasteiger charge is 2.40. The molecular weight excluding hydrogens is 268 g/mol. The van der Waals surface area contributed by atoms with Gasteiger partial charge in [-0.3, -0.25) is 0 Å². The Hall–Kier alpha value is -0.450. The first kappa shape index (κ1) is 14.5. The molecule has 0 radical (unpaired) electrons. The monoisotopic (exact) mass is 294 g/mol. The molecule has 1 atom stereocenters. The van der Waals surface area contributed by atoms with Gasteiger partial charge >= 0.3 is 0 Å². The second kappa shape index (κ2) is 6.54. The zero-order valence-corrected chi connectivity index (χ0v) is 13.3. The fourth-order valence-electron chi connectivity index (χ4n) is 3.61. The van der Waals surface area contributed by atoms with Crippen LogP contribution in [0.15, 0.2) is 5.38 Å². The third-order valence-electron chi connectivity index (χ3n) is 4.70. The highest BCUT2D eigenvalue weighted by Crippen LogP contribution is 2.41. The molecule has 1 saturated carbocycles. The van der Waals surface area contributed by atoms with E-state index < -0.39 is 0 Å². The van der Waals surface area contributed by atoms with E-state index >= 15 is 0 Å². The first-order chi connectivity index (χ1) is 9.76. The number of ether oxygens (including phenoxy) is 1. The van der Waals surface area contributed by atoms with Gasteiger partial charge in [0.05, 0.1) is 22.4 Å². The molecule has 3 nitrogen and oxygen atoms in total. The molecule has 1 unspecified atom stereocenters. The zero-order chi connectivity index (χ0) is 13.8. The molecule has 1 spiro atoms. The fourth-order valence-corrected chi connectivity index (χ4v) is 4.25. The molecule has 1 N–H and O–H groups in total. The van der Waals surface area contributed by atoms with Crippen molar-refractivity contribution >= 4 is 11.3 Å². The topological polar surface area (TPSA) is 34.2 Å². The average Bonchev–Trinajstić information content (AvgIpc) is 3.03. The lowest BCUT2D eigenvalue weighted by atomic mass is 9.83. The lowest BCUT2D eigenvalue weighted by molar-refractivity contribution is -0.0622. The Morgan fingerprint density at radius 3 is 2.95 bits per heavy atom. The predicted molar refractivity (Wildman–Crippen MR) is 83.3 cm³/mol. The van der Waals surface area contributed by atoms with Gasteiger partial charge in [0.2, 0.25) is 0 Å². The second-order valence-electron chi connectivity index (χ2n) is 6.33. The van der Waals surface area contributed by atoms with Gasteiger partial charge in [-0.05, 0) is 32.6 Å². The Labute approximate surface area is 126 Å². The smallest absolute Gasteiger partial charge is 0.0897 e. The van der Waals surface area contributed by atoms with Crippen molar-refractivity contribution in [1.29, 1.82) is 0 Å². The number of hydrogen-bond acceptors (Lipinski definition) is 4. The van der Waals surface area contributed by atoms with Crippen LogP contribution < -0.4 is 5.32 Å². The van der Waals surface area contributed by atoms with Gasteiger partial charge in [-0.1, -0.05) is 19.3 Å². The van der Waals surface area contributed by atoms with E-state index in [1.54, 1.807) is 11.3 Å². The van der Waals surface area contributed by atoms with E-state index in [2.05, 4.69) is 22.6 Å². The maximum Gasteiger partial charge on any atom is 0.0897 e. The van der Waals surface area contributed by atoms with Gasteiger partial charge in [0.1, 0.15) is 0 Å². The minimum absolute atomic E-state index is 0.261. The van der Waals surface area contributed by atoms with Crippen LogP contribution in [0.3, 0.4) is 0 Å². The van der Waals surface area contributed by atoms with Gasteiger partial charge in [0.25, 0.3) is 0 Å². The molecule has 1 saturated heterocycles. The molecule has 2 fully saturated rings. The molecule has 1 aromatic rings. The number of nitrogens with zero attached hydrogens (tertiary/aromatic N) is 1. The molecule has 2 heterocycles. The first-order valence-electron chi connectivity index (χ1n) is 8.05. The molecule has 1 aliphatic carbocycles. The number of nitrogens with one attached hydrogen (secondary N) is 1. The minimum atomic E-state index is 0.261. The molecule has 4 heteroatoms. The number of aryl methyl sites for hydroxylation is 1. The Bertz CT molecular complexity index is 426. The van der Waals surface area contributed by atoms with Crippen LogP contribution in [0, 0.1) is 6.92 Å². The van der Waals surface area contributed by atoms with Crippen LogP contribution in [0.2, 0.25) is 0 Å². The molecule has 0 bridgehead atoms. The summed E-state index contributed by atoms with van der Waals surface area (Å²) in [7, 11) is 0. The van der Waals surface area contributed by atoms with Crippen LogP contribution in [0.5, 0.6) is 0 Å². The van der Waals surface area contributed by atoms with Crippen LogP contribution in [0.4, 0.5) is 0 Å². The van der Waals surface area contributed by atoms with Gasteiger partial charge in [-0.25, -0.2) is 4.98 Å². The second-order valence-corrected chi connectivity index (χ2v) is 7.40. The number of thiazole rings is 1. The van der Waals surface area contributed by atoms with E-state index in [-0.39, 0.29) is 5.60 Å². The standard InChI is InChI=1S/C16H26N2OS/c1-13-18-14(12-20-13)6-10-17-11-15-5-9-16(19-15)7-3-2-4-8-16/h12,15,17H,2-11H2,1H3. The fraction of sp³-hybridized carbons (Fsp3) is 0.812. The maximum atomic E-state index is 6.37. The molecule has 112 valence electrons. The first-order valence-corrected chi connectivity index (χ1v) is 8.93. The summed E-state index contributed by atoms with van der Waals surface area (Å²) in [6.45, 7) is 4.08. The normalized spacial score (nSPS) is 25.4. The largest absolute Gasteiger partial charge is 0.370 e. The van der Waals surface area contributed by atoms with Crippen LogP contribution in [0.1, 0.15) is 55.6 Å².